The van der Waals surface area contributed by atoms with Crippen molar-refractivity contribution in [2.45, 2.75) is 25.3 Å². The standard InChI is InChI=1S/C11H14N2O4S/c1-11(3-2-4-17-6-11)13-8(14)9-12-7(5-18-9)10(15)16/h5H,2-4,6H2,1H3,(H,13,14)(H,15,16). The number of aromatic carboxylic acids is 1. The minimum absolute atomic E-state index is 0.102. The summed E-state index contributed by atoms with van der Waals surface area (Å²) in [6.45, 7) is 3.09. The number of carboxylic acid groups (broad SMARTS) is 1. The molecule has 1 aliphatic rings. The van der Waals surface area contributed by atoms with Crippen molar-refractivity contribution in [2.24, 2.45) is 0 Å². The highest BCUT2D eigenvalue weighted by atomic mass is 32.1. The van der Waals surface area contributed by atoms with Gasteiger partial charge in [0.15, 0.2) is 10.7 Å². The van der Waals surface area contributed by atoms with Crippen LogP contribution in [0.25, 0.3) is 0 Å². The van der Waals surface area contributed by atoms with Gasteiger partial charge in [0.05, 0.1) is 12.1 Å². The van der Waals surface area contributed by atoms with Gasteiger partial charge in [0.1, 0.15) is 0 Å². The number of hydrogen-bond donors (Lipinski definition) is 2. The van der Waals surface area contributed by atoms with E-state index in [0.29, 0.717) is 13.2 Å². The normalized spacial score (nSPS) is 23.6. The van der Waals surface area contributed by atoms with Gasteiger partial charge in [-0.05, 0) is 19.8 Å². The third kappa shape index (κ3) is 2.85. The lowest BCUT2D eigenvalue weighted by molar-refractivity contribution is 0.0272. The molecule has 0 spiro atoms. The van der Waals surface area contributed by atoms with Gasteiger partial charge in [-0.15, -0.1) is 11.3 Å². The summed E-state index contributed by atoms with van der Waals surface area (Å²) >= 11 is 1.03. The summed E-state index contributed by atoms with van der Waals surface area (Å²) in [6, 6.07) is 0. The number of rotatable bonds is 3. The first-order chi connectivity index (χ1) is 8.50. The van der Waals surface area contributed by atoms with E-state index in [-0.39, 0.29) is 16.6 Å². The zero-order valence-corrected chi connectivity index (χ0v) is 10.7. The molecular weight excluding hydrogens is 256 g/mol. The molecule has 0 aromatic carbocycles. The summed E-state index contributed by atoms with van der Waals surface area (Å²) < 4.78 is 5.34. The van der Waals surface area contributed by atoms with E-state index in [1.807, 2.05) is 6.92 Å². The summed E-state index contributed by atoms with van der Waals surface area (Å²) in [5.41, 5.74) is -0.500. The molecule has 1 saturated heterocycles. The molecule has 1 aliphatic heterocycles. The molecule has 2 N–H and O–H groups in total. The van der Waals surface area contributed by atoms with Crippen LogP contribution in [-0.4, -0.2) is 40.7 Å². The number of carbonyl (C=O) groups excluding carboxylic acids is 1. The van der Waals surface area contributed by atoms with Crippen LogP contribution in [0.15, 0.2) is 5.38 Å². The molecule has 0 saturated carbocycles. The van der Waals surface area contributed by atoms with Crippen molar-refractivity contribution >= 4 is 23.2 Å². The number of ether oxygens (including phenoxy) is 1. The summed E-state index contributed by atoms with van der Waals surface area (Å²) in [5, 5.41) is 13.1. The maximum atomic E-state index is 11.9. The van der Waals surface area contributed by atoms with Crippen molar-refractivity contribution in [1.29, 1.82) is 0 Å². The second kappa shape index (κ2) is 5.03. The fraction of sp³-hybridized carbons (Fsp3) is 0.545. The fourth-order valence-corrected chi connectivity index (χ4v) is 2.52. The second-order valence-corrected chi connectivity index (χ2v) is 5.37. The van der Waals surface area contributed by atoms with E-state index in [1.165, 1.54) is 5.38 Å². The van der Waals surface area contributed by atoms with Gasteiger partial charge in [-0.1, -0.05) is 0 Å². The topological polar surface area (TPSA) is 88.5 Å². The molecule has 1 unspecified atom stereocenters. The van der Waals surface area contributed by atoms with Crippen LogP contribution >= 0.6 is 11.3 Å². The summed E-state index contributed by atoms with van der Waals surface area (Å²) in [6.07, 6.45) is 1.74. The minimum atomic E-state index is -1.13. The van der Waals surface area contributed by atoms with Crippen molar-refractivity contribution in [1.82, 2.24) is 10.3 Å². The Balaban J connectivity index is 2.04. The molecular formula is C11H14N2O4S. The zero-order chi connectivity index (χ0) is 13.2. The molecule has 2 heterocycles. The number of aromatic nitrogens is 1. The van der Waals surface area contributed by atoms with Crippen LogP contribution in [-0.2, 0) is 4.74 Å². The number of hydrogen-bond acceptors (Lipinski definition) is 5. The van der Waals surface area contributed by atoms with Crippen LogP contribution in [0.5, 0.6) is 0 Å². The third-order valence-electron chi connectivity index (χ3n) is 2.77. The first-order valence-corrected chi connectivity index (χ1v) is 6.47. The molecule has 0 radical (unpaired) electrons. The number of nitrogens with zero attached hydrogens (tertiary/aromatic N) is 1. The monoisotopic (exact) mass is 270 g/mol. The van der Waals surface area contributed by atoms with Crippen molar-refractivity contribution in [3.8, 4) is 0 Å². The molecule has 1 fully saturated rings. The molecule has 98 valence electrons. The van der Waals surface area contributed by atoms with E-state index in [2.05, 4.69) is 10.3 Å². The highest BCUT2D eigenvalue weighted by Crippen LogP contribution is 2.19. The van der Waals surface area contributed by atoms with E-state index in [9.17, 15) is 9.59 Å². The predicted molar refractivity (Wildman–Crippen MR) is 65.0 cm³/mol. The molecule has 0 aliphatic carbocycles. The Morgan fingerprint density at radius 3 is 2.94 bits per heavy atom. The lowest BCUT2D eigenvalue weighted by atomic mass is 9.95. The lowest BCUT2D eigenvalue weighted by Gasteiger charge is -2.33. The highest BCUT2D eigenvalue weighted by molar-refractivity contribution is 7.11. The van der Waals surface area contributed by atoms with Gasteiger partial charge in [-0.2, -0.15) is 0 Å². The molecule has 2 rings (SSSR count). The first-order valence-electron chi connectivity index (χ1n) is 5.59. The highest BCUT2D eigenvalue weighted by Gasteiger charge is 2.30. The van der Waals surface area contributed by atoms with E-state index < -0.39 is 11.5 Å². The maximum absolute atomic E-state index is 11.9. The lowest BCUT2D eigenvalue weighted by Crippen LogP contribution is -2.51. The molecule has 1 aromatic rings. The quantitative estimate of drug-likeness (QED) is 0.859. The van der Waals surface area contributed by atoms with Crippen molar-refractivity contribution < 1.29 is 19.4 Å². The van der Waals surface area contributed by atoms with Crippen LogP contribution in [0.1, 0.15) is 40.1 Å². The van der Waals surface area contributed by atoms with Crippen LogP contribution in [0.2, 0.25) is 0 Å². The van der Waals surface area contributed by atoms with Gasteiger partial charge in [-0.25, -0.2) is 9.78 Å². The van der Waals surface area contributed by atoms with Crippen molar-refractivity contribution in [3.63, 3.8) is 0 Å². The molecule has 1 amide bonds. The third-order valence-corrected chi connectivity index (χ3v) is 3.61. The summed E-state index contributed by atoms with van der Waals surface area (Å²) in [5.74, 6) is -1.47. The Labute approximate surface area is 108 Å². The van der Waals surface area contributed by atoms with Crippen LogP contribution < -0.4 is 5.32 Å². The smallest absolute Gasteiger partial charge is 0.355 e. The number of thiazole rings is 1. The molecule has 6 nitrogen and oxygen atoms in total. The Morgan fingerprint density at radius 2 is 2.39 bits per heavy atom. The zero-order valence-electron chi connectivity index (χ0n) is 9.93. The average Bonchev–Trinajstić information content (AvgIpc) is 2.78. The Kier molecular flexibility index (Phi) is 3.63. The van der Waals surface area contributed by atoms with Crippen molar-refractivity contribution in [3.05, 3.63) is 16.1 Å². The van der Waals surface area contributed by atoms with Gasteiger partial charge in [0.25, 0.3) is 5.91 Å². The molecule has 7 heteroatoms. The second-order valence-electron chi connectivity index (χ2n) is 4.51. The Bertz CT molecular complexity index is 465. The Morgan fingerprint density at radius 1 is 1.61 bits per heavy atom. The maximum Gasteiger partial charge on any atom is 0.355 e. The number of carbonyl (C=O) groups is 2. The molecule has 1 aromatic heterocycles. The van der Waals surface area contributed by atoms with E-state index in [0.717, 1.165) is 24.2 Å². The fourth-order valence-electron chi connectivity index (χ4n) is 1.84. The van der Waals surface area contributed by atoms with Gasteiger partial charge in [0, 0.05) is 12.0 Å². The van der Waals surface area contributed by atoms with E-state index >= 15 is 0 Å². The molecule has 0 bridgehead atoms. The number of carboxylic acids is 1. The van der Waals surface area contributed by atoms with Gasteiger partial charge in [0.2, 0.25) is 0 Å². The van der Waals surface area contributed by atoms with Gasteiger partial charge >= 0.3 is 5.97 Å². The summed E-state index contributed by atoms with van der Waals surface area (Å²) in [7, 11) is 0. The van der Waals surface area contributed by atoms with Crippen LogP contribution in [0, 0.1) is 0 Å². The van der Waals surface area contributed by atoms with Gasteiger partial charge < -0.3 is 15.2 Å². The Hall–Kier alpha value is -1.47. The molecule has 18 heavy (non-hydrogen) atoms. The minimum Gasteiger partial charge on any atom is -0.476 e. The number of nitrogens with one attached hydrogen (secondary N) is 1. The van der Waals surface area contributed by atoms with Crippen molar-refractivity contribution in [2.75, 3.05) is 13.2 Å². The van der Waals surface area contributed by atoms with E-state index in [4.69, 9.17) is 9.84 Å². The SMILES string of the molecule is CC1(NC(=O)c2nc(C(=O)O)cs2)CCCOC1. The van der Waals surface area contributed by atoms with Crippen LogP contribution in [0.3, 0.4) is 0 Å². The van der Waals surface area contributed by atoms with Crippen LogP contribution in [0.4, 0.5) is 0 Å². The number of amides is 1. The first kappa shape index (κ1) is 13.0. The van der Waals surface area contributed by atoms with E-state index in [1.54, 1.807) is 0 Å². The molecule has 1 atom stereocenters. The van der Waals surface area contributed by atoms with Gasteiger partial charge in [-0.3, -0.25) is 4.79 Å². The average molecular weight is 270 g/mol. The summed E-state index contributed by atoms with van der Waals surface area (Å²) in [4.78, 5) is 26.4. The largest absolute Gasteiger partial charge is 0.476 e. The predicted octanol–water partition coefficient (Wildman–Crippen LogP) is 1.14.